The van der Waals surface area contributed by atoms with E-state index in [1.807, 2.05) is 18.2 Å². The average Bonchev–Trinajstić information content (AvgIpc) is 3.65. The number of benzene rings is 7. The van der Waals surface area contributed by atoms with E-state index in [0.717, 1.165) is 50.4 Å². The van der Waals surface area contributed by atoms with Crippen LogP contribution in [0.3, 0.4) is 0 Å². The minimum atomic E-state index is -0.258. The summed E-state index contributed by atoms with van der Waals surface area (Å²) in [5.74, 6) is -0.258. The van der Waals surface area contributed by atoms with Gasteiger partial charge in [-0.1, -0.05) is 81.4 Å². The van der Waals surface area contributed by atoms with Gasteiger partial charge in [0, 0.05) is 50.0 Å². The van der Waals surface area contributed by atoms with E-state index in [2.05, 4.69) is 168 Å². The van der Waals surface area contributed by atoms with Gasteiger partial charge in [-0.05, 0) is 114 Å². The first-order valence-electron chi connectivity index (χ1n) is 17.1. The SMILES string of the molecule is CC(C)(C)c1ccc2c(c1)c1cc(N(c3ccc(F)cc3)c3ccc4c(c3)c3ccccc3n4-c3ccccc3)ccc1n2-c1ccccc1. The average molecular weight is 650 g/mol. The van der Waals surface area contributed by atoms with Crippen LogP contribution in [0.4, 0.5) is 21.5 Å². The summed E-state index contributed by atoms with van der Waals surface area (Å²) < 4.78 is 19.0. The first-order valence-corrected chi connectivity index (χ1v) is 17.1. The Bertz CT molecular complexity index is 2680. The second-order valence-corrected chi connectivity index (χ2v) is 14.1. The summed E-state index contributed by atoms with van der Waals surface area (Å²) >= 11 is 0. The molecule has 0 N–H and O–H groups in total. The van der Waals surface area contributed by atoms with E-state index in [0.29, 0.717) is 0 Å². The van der Waals surface area contributed by atoms with Crippen LogP contribution in [-0.2, 0) is 5.41 Å². The summed E-state index contributed by atoms with van der Waals surface area (Å²) in [6.07, 6.45) is 0. The van der Waals surface area contributed by atoms with Crippen LogP contribution < -0.4 is 4.90 Å². The molecule has 50 heavy (non-hydrogen) atoms. The number of para-hydroxylation sites is 3. The van der Waals surface area contributed by atoms with Crippen LogP contribution in [-0.4, -0.2) is 9.13 Å². The van der Waals surface area contributed by atoms with Gasteiger partial charge in [0.2, 0.25) is 0 Å². The fourth-order valence-corrected chi connectivity index (χ4v) is 7.46. The molecule has 0 bridgehead atoms. The minimum Gasteiger partial charge on any atom is -0.310 e. The Morgan fingerprint density at radius 3 is 1.42 bits per heavy atom. The number of anilines is 3. The molecule has 4 heteroatoms. The van der Waals surface area contributed by atoms with Gasteiger partial charge in [-0.15, -0.1) is 0 Å². The van der Waals surface area contributed by atoms with Crippen LogP contribution in [0.15, 0.2) is 164 Å². The van der Waals surface area contributed by atoms with Crippen molar-refractivity contribution < 1.29 is 4.39 Å². The molecule has 0 aliphatic heterocycles. The topological polar surface area (TPSA) is 13.1 Å². The zero-order chi connectivity index (χ0) is 34.0. The molecule has 3 nitrogen and oxygen atoms in total. The zero-order valence-corrected chi connectivity index (χ0v) is 28.3. The van der Waals surface area contributed by atoms with E-state index in [-0.39, 0.29) is 11.2 Å². The number of aromatic nitrogens is 2. The quantitative estimate of drug-likeness (QED) is 0.181. The van der Waals surface area contributed by atoms with E-state index in [9.17, 15) is 4.39 Å². The largest absolute Gasteiger partial charge is 0.310 e. The molecule has 2 heterocycles. The molecule has 9 aromatic rings. The number of rotatable bonds is 5. The Labute approximate surface area is 291 Å². The van der Waals surface area contributed by atoms with Crippen molar-refractivity contribution in [1.29, 1.82) is 0 Å². The molecule has 7 aromatic carbocycles. The first-order chi connectivity index (χ1) is 24.3. The Morgan fingerprint density at radius 2 is 0.860 bits per heavy atom. The van der Waals surface area contributed by atoms with Gasteiger partial charge in [0.05, 0.1) is 22.1 Å². The highest BCUT2D eigenvalue weighted by molar-refractivity contribution is 6.12. The fraction of sp³-hybridized carbons (Fsp3) is 0.0870. The minimum absolute atomic E-state index is 0.00145. The highest BCUT2D eigenvalue weighted by Gasteiger charge is 2.21. The standard InChI is InChI=1S/C46H36FN3/c1-46(2,3)31-18-25-43-39(28-31)41-30-37(24-27-45(41)50(43)34-14-8-5-9-15-34)48(35-21-19-32(47)20-22-35)36-23-26-44-40(29-36)38-16-10-11-17-42(38)49(44)33-12-6-4-7-13-33/h4-30H,1-3H3. The maximum absolute atomic E-state index is 14.4. The van der Waals surface area contributed by atoms with Crippen LogP contribution in [0.1, 0.15) is 26.3 Å². The normalized spacial score (nSPS) is 12.0. The van der Waals surface area contributed by atoms with Crippen LogP contribution in [0.2, 0.25) is 0 Å². The van der Waals surface area contributed by atoms with Crippen LogP contribution in [0, 0.1) is 5.82 Å². The van der Waals surface area contributed by atoms with E-state index >= 15 is 0 Å². The van der Waals surface area contributed by atoms with E-state index < -0.39 is 0 Å². The van der Waals surface area contributed by atoms with Crippen molar-refractivity contribution in [3.05, 3.63) is 175 Å². The van der Waals surface area contributed by atoms with Crippen molar-refractivity contribution in [2.75, 3.05) is 4.90 Å². The number of hydrogen-bond donors (Lipinski definition) is 0. The van der Waals surface area contributed by atoms with Crippen LogP contribution in [0.5, 0.6) is 0 Å². The summed E-state index contributed by atoms with van der Waals surface area (Å²) in [5, 5.41) is 4.72. The molecule has 0 atom stereocenters. The monoisotopic (exact) mass is 649 g/mol. The number of halogens is 1. The van der Waals surface area contributed by atoms with Crippen molar-refractivity contribution >= 4 is 60.7 Å². The van der Waals surface area contributed by atoms with Gasteiger partial charge in [0.15, 0.2) is 0 Å². The molecule has 0 spiro atoms. The molecule has 2 aromatic heterocycles. The second kappa shape index (κ2) is 11.5. The first kappa shape index (κ1) is 30.0. The third kappa shape index (κ3) is 4.87. The Kier molecular flexibility index (Phi) is 6.89. The summed E-state index contributed by atoms with van der Waals surface area (Å²) in [7, 11) is 0. The highest BCUT2D eigenvalue weighted by atomic mass is 19.1. The van der Waals surface area contributed by atoms with Crippen molar-refractivity contribution in [1.82, 2.24) is 9.13 Å². The summed E-state index contributed by atoms with van der Waals surface area (Å²) in [4.78, 5) is 2.24. The molecule has 0 aliphatic rings. The maximum Gasteiger partial charge on any atom is 0.123 e. The lowest BCUT2D eigenvalue weighted by atomic mass is 9.86. The third-order valence-corrected chi connectivity index (χ3v) is 9.90. The van der Waals surface area contributed by atoms with Crippen molar-refractivity contribution in [2.45, 2.75) is 26.2 Å². The van der Waals surface area contributed by atoms with Crippen LogP contribution >= 0.6 is 0 Å². The molecular weight excluding hydrogens is 614 g/mol. The Balaban J connectivity index is 1.30. The molecule has 9 rings (SSSR count). The molecule has 0 radical (unpaired) electrons. The van der Waals surface area contributed by atoms with Crippen molar-refractivity contribution in [3.8, 4) is 11.4 Å². The lowest BCUT2D eigenvalue weighted by molar-refractivity contribution is 0.591. The third-order valence-electron chi connectivity index (χ3n) is 9.90. The van der Waals surface area contributed by atoms with Gasteiger partial charge >= 0.3 is 0 Å². The smallest absolute Gasteiger partial charge is 0.123 e. The van der Waals surface area contributed by atoms with E-state index in [1.54, 1.807) is 0 Å². The summed E-state index contributed by atoms with van der Waals surface area (Å²) in [6, 6.07) is 56.7. The van der Waals surface area contributed by atoms with E-state index in [4.69, 9.17) is 0 Å². The molecule has 0 unspecified atom stereocenters. The van der Waals surface area contributed by atoms with E-state index in [1.165, 1.54) is 39.4 Å². The van der Waals surface area contributed by atoms with Gasteiger partial charge in [-0.3, -0.25) is 0 Å². The second-order valence-electron chi connectivity index (χ2n) is 14.1. The Morgan fingerprint density at radius 1 is 0.420 bits per heavy atom. The van der Waals surface area contributed by atoms with Gasteiger partial charge in [0.1, 0.15) is 5.82 Å². The van der Waals surface area contributed by atoms with Crippen LogP contribution in [0.25, 0.3) is 55.0 Å². The van der Waals surface area contributed by atoms with Crippen molar-refractivity contribution in [2.24, 2.45) is 0 Å². The highest BCUT2D eigenvalue weighted by Crippen LogP contribution is 2.43. The molecule has 0 amide bonds. The fourth-order valence-electron chi connectivity index (χ4n) is 7.46. The molecular formula is C46H36FN3. The Hall–Kier alpha value is -6.13. The lowest BCUT2D eigenvalue weighted by Crippen LogP contribution is -2.10. The number of hydrogen-bond acceptors (Lipinski definition) is 1. The van der Waals surface area contributed by atoms with Gasteiger partial charge < -0.3 is 14.0 Å². The van der Waals surface area contributed by atoms with Gasteiger partial charge in [0.25, 0.3) is 0 Å². The van der Waals surface area contributed by atoms with Gasteiger partial charge in [-0.2, -0.15) is 0 Å². The summed E-state index contributed by atoms with van der Waals surface area (Å²) in [5.41, 5.74) is 11.0. The predicted molar refractivity (Wildman–Crippen MR) is 208 cm³/mol. The zero-order valence-electron chi connectivity index (χ0n) is 28.3. The number of nitrogens with zero attached hydrogens (tertiary/aromatic N) is 3. The molecule has 0 aliphatic carbocycles. The predicted octanol–water partition coefficient (Wildman–Crippen LogP) is 12.8. The molecule has 0 saturated carbocycles. The van der Waals surface area contributed by atoms with Gasteiger partial charge in [-0.25, -0.2) is 4.39 Å². The summed E-state index contributed by atoms with van der Waals surface area (Å²) in [6.45, 7) is 6.78. The molecule has 242 valence electrons. The lowest BCUT2D eigenvalue weighted by Gasteiger charge is -2.26. The molecule has 0 saturated heterocycles. The maximum atomic E-state index is 14.4. The number of fused-ring (bicyclic) bond motifs is 6. The molecule has 0 fully saturated rings. The van der Waals surface area contributed by atoms with Crippen molar-refractivity contribution in [3.63, 3.8) is 0 Å².